The van der Waals surface area contributed by atoms with Crippen LogP contribution in [0.1, 0.15) is 36.0 Å². The van der Waals surface area contributed by atoms with Gasteiger partial charge in [0.25, 0.3) is 5.56 Å². The molecule has 5 rings (SSSR count). The molecule has 4 N–H and O–H groups in total. The third kappa shape index (κ3) is 2.64. The third-order valence-corrected chi connectivity index (χ3v) is 5.94. The minimum Gasteiger partial charge on any atom is -0.351 e. The van der Waals surface area contributed by atoms with E-state index in [1.165, 1.54) is 0 Å². The van der Waals surface area contributed by atoms with Crippen LogP contribution in [0.25, 0.3) is 22.3 Å². The Kier molecular flexibility index (Phi) is 4.18. The lowest BCUT2D eigenvalue weighted by molar-refractivity contribution is -0.123. The van der Waals surface area contributed by atoms with Crippen LogP contribution in [-0.4, -0.2) is 27.9 Å². The number of anilines is 1. The molecule has 0 saturated carbocycles. The lowest BCUT2D eigenvalue weighted by Gasteiger charge is -2.25. The van der Waals surface area contributed by atoms with Crippen molar-refractivity contribution in [2.24, 2.45) is 5.73 Å². The second-order valence-corrected chi connectivity index (χ2v) is 7.65. The fourth-order valence-electron chi connectivity index (χ4n) is 4.46. The largest absolute Gasteiger partial charge is 0.351 e. The summed E-state index contributed by atoms with van der Waals surface area (Å²) in [5.74, 6) is -0.646. The number of nitrogens with one attached hydrogen (secondary N) is 2. The lowest BCUT2D eigenvalue weighted by atomic mass is 9.88. The first kappa shape index (κ1) is 18.5. The lowest BCUT2D eigenvalue weighted by Crippen LogP contribution is -2.39. The minimum atomic E-state index is -0.324. The predicted octanol–water partition coefficient (Wildman–Crippen LogP) is 1.45. The highest BCUT2D eigenvalue weighted by molar-refractivity contribution is 6.02. The molecule has 2 aliphatic heterocycles. The Labute approximate surface area is 172 Å². The predicted molar refractivity (Wildman–Crippen MR) is 113 cm³/mol. The number of carbonyl (C=O) groups excluding carboxylic acids is 2. The van der Waals surface area contributed by atoms with Gasteiger partial charge in [-0.25, -0.2) is 4.98 Å². The first-order chi connectivity index (χ1) is 14.5. The molecule has 2 aromatic heterocycles. The van der Waals surface area contributed by atoms with Crippen LogP contribution in [-0.2, 0) is 22.7 Å². The number of amides is 2. The SMILES string of the molecule is CCC1C(=O)NCc2c1cc1n(c2=O)Cc2cc3c(NC(=O)CN)cccc3nc2-1. The minimum absolute atomic E-state index is 0.0423. The van der Waals surface area contributed by atoms with Crippen molar-refractivity contribution < 1.29 is 9.59 Å². The van der Waals surface area contributed by atoms with Gasteiger partial charge in [-0.3, -0.25) is 14.4 Å². The number of nitrogens with zero attached hydrogens (tertiary/aromatic N) is 2. The Bertz CT molecular complexity index is 1290. The average molecular weight is 403 g/mol. The summed E-state index contributed by atoms with van der Waals surface area (Å²) in [5.41, 5.74) is 10.5. The Morgan fingerprint density at radius 2 is 2.17 bits per heavy atom. The zero-order valence-electron chi connectivity index (χ0n) is 16.5. The van der Waals surface area contributed by atoms with Gasteiger partial charge in [-0.2, -0.15) is 0 Å². The van der Waals surface area contributed by atoms with Crippen LogP contribution in [0.4, 0.5) is 5.69 Å². The maximum Gasteiger partial charge on any atom is 0.256 e. The molecule has 0 fully saturated rings. The van der Waals surface area contributed by atoms with Gasteiger partial charge in [-0.05, 0) is 36.2 Å². The van der Waals surface area contributed by atoms with Crippen LogP contribution >= 0.6 is 0 Å². The highest BCUT2D eigenvalue weighted by Gasteiger charge is 2.32. The summed E-state index contributed by atoms with van der Waals surface area (Å²) in [7, 11) is 0. The smallest absolute Gasteiger partial charge is 0.256 e. The number of aromatic nitrogens is 2. The first-order valence-corrected chi connectivity index (χ1v) is 9.99. The molecule has 4 heterocycles. The van der Waals surface area contributed by atoms with Gasteiger partial charge >= 0.3 is 0 Å². The van der Waals surface area contributed by atoms with Crippen LogP contribution in [0.2, 0.25) is 0 Å². The Hall–Kier alpha value is -3.52. The molecule has 0 saturated heterocycles. The van der Waals surface area contributed by atoms with Crippen LogP contribution < -0.4 is 21.9 Å². The van der Waals surface area contributed by atoms with E-state index in [0.29, 0.717) is 29.7 Å². The molecule has 1 aromatic carbocycles. The molecule has 0 radical (unpaired) electrons. The maximum absolute atomic E-state index is 13.2. The Morgan fingerprint density at radius 1 is 1.33 bits per heavy atom. The van der Waals surface area contributed by atoms with Crippen molar-refractivity contribution in [3.8, 4) is 11.4 Å². The van der Waals surface area contributed by atoms with Crippen molar-refractivity contribution in [2.45, 2.75) is 32.4 Å². The summed E-state index contributed by atoms with van der Waals surface area (Å²) >= 11 is 0. The molecule has 8 nitrogen and oxygen atoms in total. The molecular weight excluding hydrogens is 382 g/mol. The Balaban J connectivity index is 1.69. The number of benzene rings is 1. The zero-order valence-corrected chi connectivity index (χ0v) is 16.5. The number of hydrogen-bond donors (Lipinski definition) is 3. The van der Waals surface area contributed by atoms with Crippen LogP contribution in [0.5, 0.6) is 0 Å². The molecule has 0 bridgehead atoms. The van der Waals surface area contributed by atoms with E-state index in [-0.39, 0.29) is 36.4 Å². The maximum atomic E-state index is 13.2. The van der Waals surface area contributed by atoms with Crippen molar-refractivity contribution in [1.82, 2.24) is 14.9 Å². The molecule has 8 heteroatoms. The van der Waals surface area contributed by atoms with Gasteiger partial charge in [0.1, 0.15) is 0 Å². The van der Waals surface area contributed by atoms with Crippen molar-refractivity contribution in [1.29, 1.82) is 0 Å². The molecule has 3 aromatic rings. The molecule has 152 valence electrons. The summed E-state index contributed by atoms with van der Waals surface area (Å²) in [6.45, 7) is 2.50. The summed E-state index contributed by atoms with van der Waals surface area (Å²) in [5, 5.41) is 6.43. The van der Waals surface area contributed by atoms with Gasteiger partial charge in [0, 0.05) is 23.1 Å². The summed E-state index contributed by atoms with van der Waals surface area (Å²) in [6, 6.07) is 9.42. The second-order valence-electron chi connectivity index (χ2n) is 7.65. The summed E-state index contributed by atoms with van der Waals surface area (Å²) < 4.78 is 1.72. The molecule has 1 atom stereocenters. The van der Waals surface area contributed by atoms with E-state index in [0.717, 1.165) is 27.9 Å². The molecule has 2 amide bonds. The normalized spacial score (nSPS) is 16.6. The number of nitrogens with two attached hydrogens (primary N) is 1. The van der Waals surface area contributed by atoms with Crippen molar-refractivity contribution >= 4 is 28.4 Å². The standard InChI is InChI=1S/C22H21N5O3/c1-2-12-13-7-18-20-11(10-27(18)22(30)15(13)9-24-21(12)29)6-14-16(25-19(28)8-23)4-3-5-17(14)26-20/h3-7,12H,2,8-10,23H2,1H3,(H,24,29)(H,25,28). The summed E-state index contributed by atoms with van der Waals surface area (Å²) in [4.78, 5) is 42.1. The highest BCUT2D eigenvalue weighted by atomic mass is 16.2. The van der Waals surface area contributed by atoms with E-state index in [9.17, 15) is 14.4 Å². The molecule has 0 spiro atoms. The van der Waals surface area contributed by atoms with Gasteiger partial charge in [0.2, 0.25) is 11.8 Å². The van der Waals surface area contributed by atoms with Gasteiger partial charge in [-0.15, -0.1) is 0 Å². The molecule has 1 unspecified atom stereocenters. The van der Waals surface area contributed by atoms with E-state index in [1.54, 1.807) is 10.6 Å². The topological polar surface area (TPSA) is 119 Å². The van der Waals surface area contributed by atoms with E-state index in [1.807, 2.05) is 31.2 Å². The number of carbonyl (C=O) groups is 2. The third-order valence-electron chi connectivity index (χ3n) is 5.94. The number of rotatable bonds is 3. The van der Waals surface area contributed by atoms with Gasteiger partial charge in [0.05, 0.1) is 41.6 Å². The summed E-state index contributed by atoms with van der Waals surface area (Å²) in [6.07, 6.45) is 0.629. The van der Waals surface area contributed by atoms with Crippen LogP contribution in [0.15, 0.2) is 35.1 Å². The molecule has 0 aliphatic carbocycles. The quantitative estimate of drug-likeness (QED) is 0.478. The van der Waals surface area contributed by atoms with Crippen LogP contribution in [0, 0.1) is 0 Å². The zero-order chi connectivity index (χ0) is 21.0. The molecule has 30 heavy (non-hydrogen) atoms. The fourth-order valence-corrected chi connectivity index (χ4v) is 4.46. The van der Waals surface area contributed by atoms with Crippen molar-refractivity contribution in [3.63, 3.8) is 0 Å². The van der Waals surface area contributed by atoms with E-state index < -0.39 is 0 Å². The number of hydrogen-bond acceptors (Lipinski definition) is 5. The number of pyridine rings is 2. The first-order valence-electron chi connectivity index (χ1n) is 9.99. The second kappa shape index (κ2) is 6.77. The van der Waals surface area contributed by atoms with Crippen LogP contribution in [0.3, 0.4) is 0 Å². The van der Waals surface area contributed by atoms with E-state index >= 15 is 0 Å². The van der Waals surface area contributed by atoms with Crippen molar-refractivity contribution in [3.05, 3.63) is 57.4 Å². The van der Waals surface area contributed by atoms with Crippen molar-refractivity contribution in [2.75, 3.05) is 11.9 Å². The highest BCUT2D eigenvalue weighted by Crippen LogP contribution is 2.36. The van der Waals surface area contributed by atoms with Gasteiger partial charge in [-0.1, -0.05) is 13.0 Å². The van der Waals surface area contributed by atoms with Gasteiger partial charge < -0.3 is 20.9 Å². The van der Waals surface area contributed by atoms with E-state index in [4.69, 9.17) is 10.7 Å². The average Bonchev–Trinajstić information content (AvgIpc) is 3.10. The monoisotopic (exact) mass is 403 g/mol. The Morgan fingerprint density at radius 3 is 2.93 bits per heavy atom. The van der Waals surface area contributed by atoms with E-state index in [2.05, 4.69) is 10.6 Å². The molecule has 2 aliphatic rings. The number of fused-ring (bicyclic) bond motifs is 5. The van der Waals surface area contributed by atoms with Gasteiger partial charge in [0.15, 0.2) is 0 Å². The fraction of sp³-hybridized carbons (Fsp3) is 0.273. The molecular formula is C22H21N5O3.